The van der Waals surface area contributed by atoms with Crippen LogP contribution in [0.4, 0.5) is 5.69 Å². The van der Waals surface area contributed by atoms with E-state index in [-0.39, 0.29) is 34.5 Å². The molecule has 3 aromatic rings. The van der Waals surface area contributed by atoms with Gasteiger partial charge in [-0.15, -0.1) is 0 Å². The second-order valence-electron chi connectivity index (χ2n) is 6.95. The average Bonchev–Trinajstić information content (AvgIpc) is 3.41. The van der Waals surface area contributed by atoms with Crippen molar-refractivity contribution in [3.05, 3.63) is 68.0 Å². The molecule has 8 nitrogen and oxygen atoms in total. The van der Waals surface area contributed by atoms with Gasteiger partial charge in [-0.1, -0.05) is 0 Å². The molecule has 0 aliphatic heterocycles. The predicted molar refractivity (Wildman–Crippen MR) is 99.2 cm³/mol. The van der Waals surface area contributed by atoms with Crippen molar-refractivity contribution >= 4 is 22.4 Å². The van der Waals surface area contributed by atoms with Crippen LogP contribution in [0, 0.1) is 24.0 Å². The number of fused-ring (bicyclic) bond motifs is 1. The summed E-state index contributed by atoms with van der Waals surface area (Å²) in [5.41, 5.74) is 2.32. The molecule has 2 heterocycles. The Balaban J connectivity index is 1.67. The number of non-ortho nitro benzene ring substituents is 1. The third-order valence-corrected chi connectivity index (χ3v) is 5.03. The van der Waals surface area contributed by atoms with Gasteiger partial charge in [0.2, 0.25) is 0 Å². The fourth-order valence-corrected chi connectivity index (χ4v) is 3.57. The summed E-state index contributed by atoms with van der Waals surface area (Å²) in [7, 11) is 0. The summed E-state index contributed by atoms with van der Waals surface area (Å²) in [6.45, 7) is 3.80. The molecular formula is C19H18N4O4. The van der Waals surface area contributed by atoms with Gasteiger partial charge in [0.05, 0.1) is 28.7 Å². The first-order chi connectivity index (χ1) is 12.9. The van der Waals surface area contributed by atoms with E-state index in [9.17, 15) is 19.7 Å². The molecule has 0 radical (unpaired) electrons. The van der Waals surface area contributed by atoms with Crippen LogP contribution in [0.5, 0.6) is 0 Å². The molecule has 8 heteroatoms. The highest BCUT2D eigenvalue weighted by Gasteiger charge is 2.28. The lowest BCUT2D eigenvalue weighted by atomic mass is 10.1. The number of aromatic nitrogens is 3. The molecule has 1 fully saturated rings. The second-order valence-corrected chi connectivity index (χ2v) is 6.95. The van der Waals surface area contributed by atoms with Crippen LogP contribution in [-0.4, -0.2) is 24.8 Å². The number of benzene rings is 1. The van der Waals surface area contributed by atoms with Crippen molar-refractivity contribution in [2.45, 2.75) is 39.3 Å². The topological polar surface area (TPSA) is 100 Å². The summed E-state index contributed by atoms with van der Waals surface area (Å²) >= 11 is 0. The quantitative estimate of drug-likeness (QED) is 0.393. The third-order valence-electron chi connectivity index (χ3n) is 5.03. The SMILES string of the molecule is Cc1cc(C(=O)Cn2cnc3cc([N+](=O)[O-])ccc3c2=O)c(C)n1C1CC1. The summed E-state index contributed by atoms with van der Waals surface area (Å²) in [4.78, 5) is 39.9. The van der Waals surface area contributed by atoms with Crippen LogP contribution in [0.1, 0.15) is 40.6 Å². The van der Waals surface area contributed by atoms with Gasteiger partial charge in [-0.3, -0.25) is 24.3 Å². The third kappa shape index (κ3) is 2.92. The van der Waals surface area contributed by atoms with E-state index in [2.05, 4.69) is 9.55 Å². The van der Waals surface area contributed by atoms with Gasteiger partial charge >= 0.3 is 0 Å². The van der Waals surface area contributed by atoms with Crippen molar-refractivity contribution in [2.75, 3.05) is 0 Å². The Hall–Kier alpha value is -3.29. The van der Waals surface area contributed by atoms with E-state index in [0.717, 1.165) is 24.2 Å². The van der Waals surface area contributed by atoms with Crippen LogP contribution in [0.15, 0.2) is 35.4 Å². The molecule has 0 saturated heterocycles. The van der Waals surface area contributed by atoms with E-state index in [1.165, 1.54) is 29.1 Å². The minimum Gasteiger partial charge on any atom is -0.345 e. The van der Waals surface area contributed by atoms with Crippen LogP contribution in [0.3, 0.4) is 0 Å². The number of hydrogen-bond donors (Lipinski definition) is 0. The van der Waals surface area contributed by atoms with Crippen molar-refractivity contribution < 1.29 is 9.72 Å². The molecule has 0 atom stereocenters. The van der Waals surface area contributed by atoms with E-state index in [0.29, 0.717) is 11.6 Å². The first-order valence-electron chi connectivity index (χ1n) is 8.72. The molecule has 1 aliphatic carbocycles. The molecule has 0 spiro atoms. The minimum atomic E-state index is -0.536. The van der Waals surface area contributed by atoms with Crippen LogP contribution < -0.4 is 5.56 Å². The molecule has 0 amide bonds. The van der Waals surface area contributed by atoms with E-state index in [1.807, 2.05) is 19.9 Å². The standard InChI is InChI=1S/C19H18N4O4/c1-11-7-16(12(2)22(11)13-3-4-13)18(24)9-21-10-20-17-8-14(23(26)27)5-6-15(17)19(21)25/h5-8,10,13H,3-4,9H2,1-2H3. The van der Waals surface area contributed by atoms with Crippen molar-refractivity contribution in [2.24, 2.45) is 0 Å². The normalized spacial score (nSPS) is 13.9. The lowest BCUT2D eigenvalue weighted by molar-refractivity contribution is -0.384. The Morgan fingerprint density at radius 2 is 2.04 bits per heavy atom. The molecule has 27 heavy (non-hydrogen) atoms. The summed E-state index contributed by atoms with van der Waals surface area (Å²) < 4.78 is 3.44. The van der Waals surface area contributed by atoms with Gasteiger partial charge in [-0.25, -0.2) is 4.98 Å². The number of carbonyl (C=O) groups is 1. The van der Waals surface area contributed by atoms with Crippen molar-refractivity contribution in [1.82, 2.24) is 14.1 Å². The fraction of sp³-hybridized carbons (Fsp3) is 0.316. The number of nitro benzene ring substituents is 1. The average molecular weight is 366 g/mol. The van der Waals surface area contributed by atoms with Gasteiger partial charge < -0.3 is 4.57 Å². The molecule has 1 saturated carbocycles. The zero-order valence-electron chi connectivity index (χ0n) is 15.0. The smallest absolute Gasteiger partial charge is 0.271 e. The first kappa shape index (κ1) is 17.1. The van der Waals surface area contributed by atoms with E-state index in [1.54, 1.807) is 0 Å². The molecule has 1 aromatic carbocycles. The number of aryl methyl sites for hydroxylation is 1. The highest BCUT2D eigenvalue weighted by Crippen LogP contribution is 2.38. The summed E-state index contributed by atoms with van der Waals surface area (Å²) in [5.74, 6) is -0.153. The highest BCUT2D eigenvalue weighted by atomic mass is 16.6. The Kier molecular flexibility index (Phi) is 3.91. The maximum absolute atomic E-state index is 12.8. The number of nitro groups is 1. The predicted octanol–water partition coefficient (Wildman–Crippen LogP) is 2.94. The largest absolute Gasteiger partial charge is 0.345 e. The van der Waals surface area contributed by atoms with Gasteiger partial charge in [0.15, 0.2) is 5.78 Å². The van der Waals surface area contributed by atoms with Crippen LogP contribution in [0.2, 0.25) is 0 Å². The molecule has 1 aliphatic rings. The molecular weight excluding hydrogens is 348 g/mol. The summed E-state index contributed by atoms with van der Waals surface area (Å²) in [6.07, 6.45) is 3.53. The number of hydrogen-bond acceptors (Lipinski definition) is 5. The number of Topliss-reactive ketones (excluding diaryl/α,β-unsaturated/α-hetero) is 1. The lowest BCUT2D eigenvalue weighted by Gasteiger charge is -2.08. The number of nitrogens with zero attached hydrogens (tertiary/aromatic N) is 4. The zero-order chi connectivity index (χ0) is 19.3. The van der Waals surface area contributed by atoms with Crippen molar-refractivity contribution in [1.29, 1.82) is 0 Å². The van der Waals surface area contributed by atoms with Gasteiger partial charge in [-0.2, -0.15) is 0 Å². The maximum atomic E-state index is 12.8. The number of carbonyl (C=O) groups excluding carboxylic acids is 1. The molecule has 0 bridgehead atoms. The molecule has 138 valence electrons. The van der Waals surface area contributed by atoms with Crippen LogP contribution >= 0.6 is 0 Å². The zero-order valence-corrected chi connectivity index (χ0v) is 15.0. The van der Waals surface area contributed by atoms with Crippen molar-refractivity contribution in [3.8, 4) is 0 Å². The van der Waals surface area contributed by atoms with E-state index < -0.39 is 4.92 Å². The van der Waals surface area contributed by atoms with Gasteiger partial charge in [0, 0.05) is 35.1 Å². The van der Waals surface area contributed by atoms with Crippen molar-refractivity contribution in [3.63, 3.8) is 0 Å². The second kappa shape index (κ2) is 6.15. The monoisotopic (exact) mass is 366 g/mol. The van der Waals surface area contributed by atoms with Gasteiger partial charge in [-0.05, 0) is 38.8 Å². The molecule has 4 rings (SSSR count). The van der Waals surface area contributed by atoms with Gasteiger partial charge in [0.25, 0.3) is 11.2 Å². The Morgan fingerprint density at radius 3 is 2.70 bits per heavy atom. The Labute approximate surface area is 154 Å². The summed E-state index contributed by atoms with van der Waals surface area (Å²) in [6, 6.07) is 6.25. The van der Waals surface area contributed by atoms with E-state index in [4.69, 9.17) is 0 Å². The number of ketones is 1. The fourth-order valence-electron chi connectivity index (χ4n) is 3.57. The highest BCUT2D eigenvalue weighted by molar-refractivity contribution is 5.97. The molecule has 2 aromatic heterocycles. The molecule has 0 unspecified atom stereocenters. The molecule has 0 N–H and O–H groups in total. The van der Waals surface area contributed by atoms with Crippen LogP contribution in [0.25, 0.3) is 10.9 Å². The number of rotatable bonds is 5. The van der Waals surface area contributed by atoms with E-state index >= 15 is 0 Å². The first-order valence-corrected chi connectivity index (χ1v) is 8.72. The summed E-state index contributed by atoms with van der Waals surface area (Å²) in [5, 5.41) is 11.1. The van der Waals surface area contributed by atoms with Gasteiger partial charge in [0.1, 0.15) is 0 Å². The Morgan fingerprint density at radius 1 is 1.30 bits per heavy atom. The minimum absolute atomic E-state index is 0.117. The van der Waals surface area contributed by atoms with Crippen LogP contribution in [-0.2, 0) is 6.54 Å². The lowest BCUT2D eigenvalue weighted by Crippen LogP contribution is -2.25. The Bertz CT molecular complexity index is 1150. The maximum Gasteiger partial charge on any atom is 0.271 e.